The molecule has 1 fully saturated rings. The summed E-state index contributed by atoms with van der Waals surface area (Å²) < 4.78 is 32.5. The zero-order chi connectivity index (χ0) is 16.5. The molecule has 0 amide bonds. The van der Waals surface area contributed by atoms with Gasteiger partial charge in [-0.2, -0.15) is 0 Å². The third-order valence-electron chi connectivity index (χ3n) is 3.79. The van der Waals surface area contributed by atoms with E-state index >= 15 is 0 Å². The first-order chi connectivity index (χ1) is 10.2. The van der Waals surface area contributed by atoms with Crippen LogP contribution in [0.5, 0.6) is 0 Å². The van der Waals surface area contributed by atoms with Crippen LogP contribution >= 0.6 is 0 Å². The molecule has 0 spiro atoms. The van der Waals surface area contributed by atoms with Crippen molar-refractivity contribution in [2.24, 2.45) is 0 Å². The Kier molecular flexibility index (Phi) is 4.60. The summed E-state index contributed by atoms with van der Waals surface area (Å²) in [5.41, 5.74) is 0.462. The van der Waals surface area contributed by atoms with Crippen LogP contribution in [0.3, 0.4) is 0 Å². The van der Waals surface area contributed by atoms with Crippen molar-refractivity contribution in [2.45, 2.75) is 50.2 Å². The van der Waals surface area contributed by atoms with Gasteiger partial charge in [-0.1, -0.05) is 17.7 Å². The van der Waals surface area contributed by atoms with Crippen molar-refractivity contribution >= 4 is 16.0 Å². The minimum absolute atomic E-state index is 0.184. The molecule has 0 bridgehead atoms. The van der Waals surface area contributed by atoms with Crippen molar-refractivity contribution in [3.8, 4) is 0 Å². The van der Waals surface area contributed by atoms with Crippen LogP contribution < -0.4 is 10.0 Å². The lowest BCUT2D eigenvalue weighted by molar-refractivity contribution is -0.151. The molecule has 22 heavy (non-hydrogen) atoms. The average molecular weight is 326 g/mol. The molecule has 1 aliphatic heterocycles. The van der Waals surface area contributed by atoms with Crippen molar-refractivity contribution < 1.29 is 17.9 Å². The zero-order valence-corrected chi connectivity index (χ0v) is 14.0. The fourth-order valence-corrected chi connectivity index (χ4v) is 3.88. The molecule has 0 saturated carbocycles. The van der Waals surface area contributed by atoms with Crippen molar-refractivity contribution in [1.82, 2.24) is 10.0 Å². The van der Waals surface area contributed by atoms with Crippen LogP contribution in [0.15, 0.2) is 29.2 Å². The summed E-state index contributed by atoms with van der Waals surface area (Å²) in [5, 5.41) is 3.04. The van der Waals surface area contributed by atoms with E-state index in [1.807, 2.05) is 20.8 Å². The number of nitrogens with one attached hydrogen (secondary N) is 2. The van der Waals surface area contributed by atoms with E-state index in [0.717, 1.165) is 5.56 Å². The summed E-state index contributed by atoms with van der Waals surface area (Å²) >= 11 is 0. The second-order valence-electron chi connectivity index (χ2n) is 6.01. The normalized spacial score (nSPS) is 23.6. The molecule has 1 saturated heterocycles. The number of ether oxygens (including phenoxy) is 1. The Bertz CT molecular complexity index is 653. The van der Waals surface area contributed by atoms with E-state index in [0.29, 0.717) is 0 Å². The third kappa shape index (κ3) is 3.31. The molecular formula is C15H22N2O4S. The first kappa shape index (κ1) is 16.9. The number of esters is 1. The van der Waals surface area contributed by atoms with Gasteiger partial charge in [0.15, 0.2) is 0 Å². The second kappa shape index (κ2) is 5.98. The highest BCUT2D eigenvalue weighted by atomic mass is 32.2. The van der Waals surface area contributed by atoms with Crippen LogP contribution in [0, 0.1) is 6.92 Å². The first-order valence-electron chi connectivity index (χ1n) is 7.21. The molecule has 0 aliphatic carbocycles. The Morgan fingerprint density at radius 2 is 1.91 bits per heavy atom. The maximum absolute atomic E-state index is 12.5. The van der Waals surface area contributed by atoms with E-state index in [-0.39, 0.29) is 11.5 Å². The molecule has 2 atom stereocenters. The number of hydrogen-bond acceptors (Lipinski definition) is 5. The average Bonchev–Trinajstić information content (AvgIpc) is 2.43. The molecule has 1 heterocycles. The van der Waals surface area contributed by atoms with Gasteiger partial charge >= 0.3 is 5.97 Å². The summed E-state index contributed by atoms with van der Waals surface area (Å²) in [7, 11) is -3.69. The largest absolute Gasteiger partial charge is 0.465 e. The van der Waals surface area contributed by atoms with Crippen LogP contribution in [0.2, 0.25) is 0 Å². The second-order valence-corrected chi connectivity index (χ2v) is 7.72. The molecule has 0 aromatic heterocycles. The fraction of sp³-hybridized carbons (Fsp3) is 0.533. The monoisotopic (exact) mass is 326 g/mol. The highest BCUT2D eigenvalue weighted by Gasteiger charge is 2.52. The predicted molar refractivity (Wildman–Crippen MR) is 82.9 cm³/mol. The van der Waals surface area contributed by atoms with Gasteiger partial charge in [-0.3, -0.25) is 10.1 Å². The Labute approximate surface area is 131 Å². The van der Waals surface area contributed by atoms with Crippen molar-refractivity contribution in [3.05, 3.63) is 29.8 Å². The Morgan fingerprint density at radius 3 is 2.41 bits per heavy atom. The van der Waals surface area contributed by atoms with Crippen molar-refractivity contribution in [3.63, 3.8) is 0 Å². The molecule has 1 aliphatic rings. The van der Waals surface area contributed by atoms with Crippen molar-refractivity contribution in [1.29, 1.82) is 0 Å². The van der Waals surface area contributed by atoms with Gasteiger partial charge in [0.2, 0.25) is 10.0 Å². The minimum Gasteiger partial charge on any atom is -0.465 e. The number of carbonyl (C=O) groups is 1. The van der Waals surface area contributed by atoms with E-state index in [1.165, 1.54) is 0 Å². The Hall–Kier alpha value is -1.44. The van der Waals surface area contributed by atoms with Gasteiger partial charge in [0, 0.05) is 5.54 Å². The number of aryl methyl sites for hydroxylation is 1. The maximum atomic E-state index is 12.5. The lowest BCUT2D eigenvalue weighted by atomic mass is 9.79. The minimum atomic E-state index is -3.69. The SMILES string of the molecule is CCOC(=O)[C@H]1NC(C)(C)[C@@H]1NS(=O)(=O)c1ccc(C)cc1. The van der Waals surface area contributed by atoms with E-state index in [9.17, 15) is 13.2 Å². The van der Waals surface area contributed by atoms with Crippen LogP contribution in [0.1, 0.15) is 26.3 Å². The molecule has 0 radical (unpaired) electrons. The van der Waals surface area contributed by atoms with Gasteiger partial charge in [0.1, 0.15) is 6.04 Å². The van der Waals surface area contributed by atoms with Gasteiger partial charge in [-0.05, 0) is 39.8 Å². The topological polar surface area (TPSA) is 84.5 Å². The molecule has 1 aromatic carbocycles. The molecule has 2 rings (SSSR count). The maximum Gasteiger partial charge on any atom is 0.324 e. The fourth-order valence-electron chi connectivity index (χ4n) is 2.49. The van der Waals surface area contributed by atoms with Gasteiger partial charge in [0.05, 0.1) is 17.5 Å². The number of hydrogen-bond donors (Lipinski definition) is 2. The summed E-state index contributed by atoms with van der Waals surface area (Å²) in [6.07, 6.45) is 0. The standard InChI is InChI=1S/C15H22N2O4S/c1-5-21-14(18)12-13(15(3,4)16-12)17-22(19,20)11-8-6-10(2)7-9-11/h6-9,12-13,16-17H,5H2,1-4H3/t12-,13+/m0/s1. The van der Waals surface area contributed by atoms with Crippen LogP contribution in [0.25, 0.3) is 0 Å². The van der Waals surface area contributed by atoms with Crippen molar-refractivity contribution in [2.75, 3.05) is 6.61 Å². The van der Waals surface area contributed by atoms with E-state index in [1.54, 1.807) is 31.2 Å². The molecule has 6 nitrogen and oxygen atoms in total. The van der Waals surface area contributed by atoms with Gasteiger partial charge < -0.3 is 4.74 Å². The molecule has 1 aromatic rings. The predicted octanol–water partition coefficient (Wildman–Crippen LogP) is 0.955. The molecule has 122 valence electrons. The van der Waals surface area contributed by atoms with E-state index in [2.05, 4.69) is 10.0 Å². The summed E-state index contributed by atoms with van der Waals surface area (Å²) in [5.74, 6) is -0.446. The first-order valence-corrected chi connectivity index (χ1v) is 8.69. The number of sulfonamides is 1. The van der Waals surface area contributed by atoms with Crippen LogP contribution in [0.4, 0.5) is 0 Å². The summed E-state index contributed by atoms with van der Waals surface area (Å²) in [4.78, 5) is 12.1. The highest BCUT2D eigenvalue weighted by molar-refractivity contribution is 7.89. The lowest BCUT2D eigenvalue weighted by Gasteiger charge is -2.50. The number of carbonyl (C=O) groups excluding carboxylic acids is 1. The van der Waals surface area contributed by atoms with E-state index < -0.39 is 33.6 Å². The highest BCUT2D eigenvalue weighted by Crippen LogP contribution is 2.27. The van der Waals surface area contributed by atoms with Gasteiger partial charge in [0.25, 0.3) is 0 Å². The van der Waals surface area contributed by atoms with Crippen LogP contribution in [-0.2, 0) is 19.6 Å². The van der Waals surface area contributed by atoms with Gasteiger partial charge in [-0.25, -0.2) is 13.1 Å². The third-order valence-corrected chi connectivity index (χ3v) is 5.25. The Morgan fingerprint density at radius 1 is 1.32 bits per heavy atom. The molecule has 2 N–H and O–H groups in total. The molecule has 0 unspecified atom stereocenters. The molecular weight excluding hydrogens is 304 g/mol. The quantitative estimate of drug-likeness (QED) is 0.787. The van der Waals surface area contributed by atoms with Gasteiger partial charge in [-0.15, -0.1) is 0 Å². The lowest BCUT2D eigenvalue weighted by Crippen LogP contribution is -2.79. The zero-order valence-electron chi connectivity index (χ0n) is 13.2. The number of benzene rings is 1. The van der Waals surface area contributed by atoms with E-state index in [4.69, 9.17) is 4.74 Å². The summed E-state index contributed by atoms with van der Waals surface area (Å²) in [6.45, 7) is 7.54. The number of rotatable bonds is 5. The summed E-state index contributed by atoms with van der Waals surface area (Å²) in [6, 6.07) is 5.35. The van der Waals surface area contributed by atoms with Crippen LogP contribution in [-0.4, -0.2) is 38.6 Å². The molecule has 7 heteroatoms. The smallest absolute Gasteiger partial charge is 0.324 e. The Balaban J connectivity index is 2.19.